The number of anilines is 2. The van der Waals surface area contributed by atoms with Crippen molar-refractivity contribution in [3.05, 3.63) is 47.9 Å². The molecule has 0 saturated heterocycles. The first-order valence-corrected chi connectivity index (χ1v) is 5.97. The van der Waals surface area contributed by atoms with Crippen LogP contribution in [-0.2, 0) is 0 Å². The highest BCUT2D eigenvalue weighted by atomic mass is 32.1. The molecule has 0 aliphatic heterocycles. The molecule has 0 saturated carbocycles. The van der Waals surface area contributed by atoms with Gasteiger partial charge in [0.15, 0.2) is 10.9 Å². The average molecular weight is 258 g/mol. The van der Waals surface area contributed by atoms with E-state index in [4.69, 9.17) is 12.2 Å². The van der Waals surface area contributed by atoms with Crippen LogP contribution in [0.2, 0.25) is 0 Å². The van der Waals surface area contributed by atoms with E-state index >= 15 is 0 Å². The molecule has 5 heteroatoms. The van der Waals surface area contributed by atoms with E-state index in [1.54, 1.807) is 18.6 Å². The van der Waals surface area contributed by atoms with Gasteiger partial charge >= 0.3 is 0 Å². The summed E-state index contributed by atoms with van der Waals surface area (Å²) in [6.45, 7) is 4.15. The Kier molecular flexibility index (Phi) is 3.84. The molecular weight excluding hydrogens is 244 g/mol. The maximum atomic E-state index is 5.20. The first kappa shape index (κ1) is 12.4. The monoisotopic (exact) mass is 258 g/mol. The van der Waals surface area contributed by atoms with Gasteiger partial charge in [0.1, 0.15) is 0 Å². The van der Waals surface area contributed by atoms with Crippen LogP contribution in [0.3, 0.4) is 0 Å². The molecule has 2 aromatic rings. The van der Waals surface area contributed by atoms with Gasteiger partial charge in [0.2, 0.25) is 0 Å². The molecule has 2 rings (SSSR count). The lowest BCUT2D eigenvalue weighted by atomic mass is 10.1. The van der Waals surface area contributed by atoms with Crippen molar-refractivity contribution < 1.29 is 0 Å². The highest BCUT2D eigenvalue weighted by molar-refractivity contribution is 7.80. The van der Waals surface area contributed by atoms with Gasteiger partial charge in [-0.25, -0.2) is 4.98 Å². The summed E-state index contributed by atoms with van der Waals surface area (Å²) in [5.74, 6) is 0.624. The number of aryl methyl sites for hydroxylation is 2. The second-order valence-corrected chi connectivity index (χ2v) is 4.38. The Hall–Kier alpha value is -2.01. The summed E-state index contributed by atoms with van der Waals surface area (Å²) in [5, 5.41) is 6.58. The van der Waals surface area contributed by atoms with Gasteiger partial charge < -0.3 is 10.6 Å². The van der Waals surface area contributed by atoms with Crippen LogP contribution in [0.15, 0.2) is 36.8 Å². The number of thiocarbonyl (C=S) groups is 1. The third kappa shape index (κ3) is 3.24. The van der Waals surface area contributed by atoms with Crippen LogP contribution in [0.1, 0.15) is 11.1 Å². The molecule has 0 bridgehead atoms. The van der Waals surface area contributed by atoms with Crippen LogP contribution in [0.5, 0.6) is 0 Å². The second kappa shape index (κ2) is 5.55. The summed E-state index contributed by atoms with van der Waals surface area (Å²) < 4.78 is 0. The molecule has 2 N–H and O–H groups in total. The molecule has 0 unspecified atom stereocenters. The Labute approximate surface area is 111 Å². The van der Waals surface area contributed by atoms with Crippen molar-refractivity contribution in [2.75, 3.05) is 10.6 Å². The normalized spacial score (nSPS) is 9.89. The molecule has 92 valence electrons. The summed E-state index contributed by atoms with van der Waals surface area (Å²) in [7, 11) is 0. The van der Waals surface area contributed by atoms with Crippen molar-refractivity contribution in [2.24, 2.45) is 0 Å². The fourth-order valence-electron chi connectivity index (χ4n) is 1.46. The lowest BCUT2D eigenvalue weighted by molar-refractivity contribution is 1.21. The van der Waals surface area contributed by atoms with Crippen molar-refractivity contribution >= 4 is 28.8 Å². The van der Waals surface area contributed by atoms with Crippen LogP contribution in [0.25, 0.3) is 0 Å². The minimum absolute atomic E-state index is 0.499. The Morgan fingerprint density at radius 2 is 1.94 bits per heavy atom. The average Bonchev–Trinajstić information content (AvgIpc) is 2.35. The van der Waals surface area contributed by atoms with Gasteiger partial charge in [0, 0.05) is 18.1 Å². The van der Waals surface area contributed by atoms with Gasteiger partial charge in [-0.3, -0.25) is 4.98 Å². The SMILES string of the molecule is Cc1ccc(NC(=S)Nc2cnccn2)cc1C. The maximum Gasteiger partial charge on any atom is 0.176 e. The second-order valence-electron chi connectivity index (χ2n) is 3.97. The summed E-state index contributed by atoms with van der Waals surface area (Å²) in [5.41, 5.74) is 3.44. The van der Waals surface area contributed by atoms with Crippen molar-refractivity contribution in [3.8, 4) is 0 Å². The standard InChI is InChI=1S/C13H14N4S/c1-9-3-4-11(7-10(9)2)16-13(18)17-12-8-14-5-6-15-12/h3-8H,1-2H3,(H2,15,16,17,18). The van der Waals surface area contributed by atoms with Crippen molar-refractivity contribution in [1.29, 1.82) is 0 Å². The smallest absolute Gasteiger partial charge is 0.176 e. The fourth-order valence-corrected chi connectivity index (χ4v) is 1.68. The van der Waals surface area contributed by atoms with E-state index in [9.17, 15) is 0 Å². The molecule has 0 aliphatic carbocycles. The van der Waals surface area contributed by atoms with Crippen molar-refractivity contribution in [2.45, 2.75) is 13.8 Å². The van der Waals surface area contributed by atoms with E-state index in [0.717, 1.165) is 5.69 Å². The Morgan fingerprint density at radius 1 is 1.11 bits per heavy atom. The van der Waals surface area contributed by atoms with Gasteiger partial charge in [0.25, 0.3) is 0 Å². The first-order valence-electron chi connectivity index (χ1n) is 5.56. The topological polar surface area (TPSA) is 49.8 Å². The number of benzene rings is 1. The van der Waals surface area contributed by atoms with E-state index < -0.39 is 0 Å². The number of hydrogen-bond acceptors (Lipinski definition) is 3. The van der Waals surface area contributed by atoms with E-state index in [2.05, 4.69) is 46.6 Å². The predicted molar refractivity (Wildman–Crippen MR) is 77.8 cm³/mol. The lowest BCUT2D eigenvalue weighted by Crippen LogP contribution is -2.19. The Bertz CT molecular complexity index is 554. The molecule has 18 heavy (non-hydrogen) atoms. The Morgan fingerprint density at radius 3 is 2.61 bits per heavy atom. The zero-order valence-electron chi connectivity index (χ0n) is 10.3. The van der Waals surface area contributed by atoms with Gasteiger partial charge in [-0.1, -0.05) is 6.07 Å². The summed E-state index contributed by atoms with van der Waals surface area (Å²) in [6.07, 6.45) is 4.85. The van der Waals surface area contributed by atoms with Crippen LogP contribution in [-0.4, -0.2) is 15.1 Å². The van der Waals surface area contributed by atoms with Crippen LogP contribution in [0.4, 0.5) is 11.5 Å². The van der Waals surface area contributed by atoms with E-state index in [1.807, 2.05) is 6.07 Å². The predicted octanol–water partition coefficient (Wildman–Crippen LogP) is 2.90. The van der Waals surface area contributed by atoms with Crippen molar-refractivity contribution in [1.82, 2.24) is 9.97 Å². The zero-order valence-corrected chi connectivity index (χ0v) is 11.1. The van der Waals surface area contributed by atoms with Crippen molar-refractivity contribution in [3.63, 3.8) is 0 Å². The molecular formula is C13H14N4S. The number of nitrogens with one attached hydrogen (secondary N) is 2. The maximum absolute atomic E-state index is 5.20. The van der Waals surface area contributed by atoms with E-state index in [-0.39, 0.29) is 0 Å². The van der Waals surface area contributed by atoms with Gasteiger partial charge in [0.05, 0.1) is 6.20 Å². The number of nitrogens with zero attached hydrogens (tertiary/aromatic N) is 2. The van der Waals surface area contributed by atoms with Crippen LogP contribution < -0.4 is 10.6 Å². The number of rotatable bonds is 2. The lowest BCUT2D eigenvalue weighted by Gasteiger charge is -2.10. The molecule has 4 nitrogen and oxygen atoms in total. The van der Waals surface area contributed by atoms with Gasteiger partial charge in [-0.05, 0) is 49.3 Å². The number of hydrogen-bond donors (Lipinski definition) is 2. The minimum Gasteiger partial charge on any atom is -0.332 e. The molecule has 1 aromatic carbocycles. The van der Waals surface area contributed by atoms with E-state index in [1.165, 1.54) is 11.1 Å². The molecule has 0 amide bonds. The highest BCUT2D eigenvalue weighted by Crippen LogP contribution is 2.14. The van der Waals surface area contributed by atoms with E-state index in [0.29, 0.717) is 10.9 Å². The third-order valence-corrected chi connectivity index (χ3v) is 2.77. The minimum atomic E-state index is 0.499. The quantitative estimate of drug-likeness (QED) is 0.811. The summed E-state index contributed by atoms with van der Waals surface area (Å²) >= 11 is 5.20. The van der Waals surface area contributed by atoms with Crippen LogP contribution in [0, 0.1) is 13.8 Å². The molecule has 0 atom stereocenters. The molecule has 0 fully saturated rings. The highest BCUT2D eigenvalue weighted by Gasteiger charge is 2.00. The largest absolute Gasteiger partial charge is 0.332 e. The van der Waals surface area contributed by atoms with Gasteiger partial charge in [-0.2, -0.15) is 0 Å². The summed E-state index contributed by atoms with van der Waals surface area (Å²) in [6, 6.07) is 6.11. The zero-order chi connectivity index (χ0) is 13.0. The third-order valence-electron chi connectivity index (χ3n) is 2.57. The number of aromatic nitrogens is 2. The van der Waals surface area contributed by atoms with Gasteiger partial charge in [-0.15, -0.1) is 0 Å². The molecule has 1 heterocycles. The first-order chi connectivity index (χ1) is 8.65. The van der Waals surface area contributed by atoms with Crippen LogP contribution >= 0.6 is 12.2 Å². The Balaban J connectivity index is 2.01. The fraction of sp³-hybridized carbons (Fsp3) is 0.154. The summed E-state index contributed by atoms with van der Waals surface area (Å²) in [4.78, 5) is 8.05. The molecule has 1 aromatic heterocycles. The molecule has 0 spiro atoms. The molecule has 0 aliphatic rings. The molecule has 0 radical (unpaired) electrons.